The number of halogens is 1. The molecule has 1 aromatic rings. The normalized spacial score (nSPS) is 16.2. The van der Waals surface area contributed by atoms with Crippen LogP contribution in [0.3, 0.4) is 0 Å². The van der Waals surface area contributed by atoms with E-state index in [1.54, 1.807) is 12.2 Å². The summed E-state index contributed by atoms with van der Waals surface area (Å²) in [6.07, 6.45) is 19.0. The van der Waals surface area contributed by atoms with Crippen molar-refractivity contribution in [2.45, 2.75) is 6.54 Å². The molecule has 0 saturated heterocycles. The standard InChI is InChI=1S/C20H16ClNO/c21-20-4-2-1-3-18(20)15-22-13-11-17(12-14-22)6-5-16-7-9-19(23)10-8-16/h1-14H,15H2. The summed E-state index contributed by atoms with van der Waals surface area (Å²) in [5.74, 6) is 0.0301. The highest BCUT2D eigenvalue weighted by Crippen LogP contribution is 2.19. The van der Waals surface area contributed by atoms with E-state index in [0.717, 1.165) is 28.3 Å². The zero-order valence-electron chi connectivity index (χ0n) is 12.5. The van der Waals surface area contributed by atoms with Crippen LogP contribution in [0.4, 0.5) is 0 Å². The van der Waals surface area contributed by atoms with Crippen molar-refractivity contribution in [2.24, 2.45) is 0 Å². The molecule has 0 spiro atoms. The lowest BCUT2D eigenvalue weighted by Crippen LogP contribution is -2.11. The first-order valence-corrected chi connectivity index (χ1v) is 7.76. The molecule has 2 nitrogen and oxygen atoms in total. The van der Waals surface area contributed by atoms with Gasteiger partial charge in [-0.2, -0.15) is 0 Å². The Morgan fingerprint density at radius 1 is 0.870 bits per heavy atom. The predicted molar refractivity (Wildman–Crippen MR) is 94.7 cm³/mol. The minimum atomic E-state index is 0.0301. The third-order valence-corrected chi connectivity index (χ3v) is 3.94. The lowest BCUT2D eigenvalue weighted by atomic mass is 10.1. The van der Waals surface area contributed by atoms with Gasteiger partial charge < -0.3 is 4.90 Å². The number of benzene rings is 1. The van der Waals surface area contributed by atoms with Gasteiger partial charge in [0.1, 0.15) is 0 Å². The van der Waals surface area contributed by atoms with Crippen molar-refractivity contribution in [3.63, 3.8) is 0 Å². The second kappa shape index (κ2) is 7.12. The summed E-state index contributed by atoms with van der Waals surface area (Å²) in [5.41, 5.74) is 3.21. The first-order valence-electron chi connectivity index (χ1n) is 7.38. The largest absolute Gasteiger partial charge is 0.350 e. The number of rotatable bonds is 3. The summed E-state index contributed by atoms with van der Waals surface area (Å²) < 4.78 is 0. The Morgan fingerprint density at radius 2 is 1.48 bits per heavy atom. The summed E-state index contributed by atoms with van der Waals surface area (Å²) >= 11 is 6.19. The van der Waals surface area contributed by atoms with Gasteiger partial charge >= 0.3 is 0 Å². The summed E-state index contributed by atoms with van der Waals surface area (Å²) in [7, 11) is 0. The highest BCUT2D eigenvalue weighted by molar-refractivity contribution is 6.31. The van der Waals surface area contributed by atoms with E-state index in [4.69, 9.17) is 11.6 Å². The smallest absolute Gasteiger partial charge is 0.178 e. The van der Waals surface area contributed by atoms with Crippen molar-refractivity contribution in [1.82, 2.24) is 4.90 Å². The van der Waals surface area contributed by atoms with Crippen LogP contribution in [0.1, 0.15) is 5.56 Å². The van der Waals surface area contributed by atoms with Crippen LogP contribution in [-0.4, -0.2) is 10.7 Å². The van der Waals surface area contributed by atoms with Crippen molar-refractivity contribution in [1.29, 1.82) is 0 Å². The van der Waals surface area contributed by atoms with Gasteiger partial charge in [0.25, 0.3) is 0 Å². The van der Waals surface area contributed by atoms with Crippen LogP contribution in [0, 0.1) is 0 Å². The molecule has 3 rings (SSSR count). The molecule has 1 aliphatic carbocycles. The fraction of sp³-hybridized carbons (Fsp3) is 0.0500. The Bertz CT molecular complexity index is 760. The predicted octanol–water partition coefficient (Wildman–Crippen LogP) is 4.73. The zero-order chi connectivity index (χ0) is 16.1. The lowest BCUT2D eigenvalue weighted by molar-refractivity contribution is -0.110. The van der Waals surface area contributed by atoms with Crippen LogP contribution >= 0.6 is 11.6 Å². The van der Waals surface area contributed by atoms with Crippen molar-refractivity contribution < 1.29 is 4.79 Å². The van der Waals surface area contributed by atoms with E-state index in [9.17, 15) is 4.79 Å². The number of hydrogen-bond acceptors (Lipinski definition) is 2. The Balaban J connectivity index is 1.64. The molecular formula is C20H16ClNO. The van der Waals surface area contributed by atoms with Gasteiger partial charge in [-0.3, -0.25) is 4.79 Å². The van der Waals surface area contributed by atoms with Crippen molar-refractivity contribution in [3.05, 3.63) is 107 Å². The highest BCUT2D eigenvalue weighted by Gasteiger charge is 2.05. The lowest BCUT2D eigenvalue weighted by Gasteiger charge is -2.19. The number of ketones is 1. The van der Waals surface area contributed by atoms with E-state index in [2.05, 4.69) is 17.1 Å². The molecule has 3 heteroatoms. The van der Waals surface area contributed by atoms with Crippen LogP contribution < -0.4 is 0 Å². The van der Waals surface area contributed by atoms with Gasteiger partial charge in [-0.05, 0) is 47.1 Å². The van der Waals surface area contributed by atoms with E-state index in [0.29, 0.717) is 0 Å². The molecule has 0 unspecified atom stereocenters. The molecule has 1 aliphatic heterocycles. The summed E-state index contributed by atoms with van der Waals surface area (Å²) in [4.78, 5) is 13.2. The van der Waals surface area contributed by atoms with Crippen LogP contribution in [0.5, 0.6) is 0 Å². The fourth-order valence-corrected chi connectivity index (χ4v) is 2.48. The maximum absolute atomic E-state index is 11.1. The zero-order valence-corrected chi connectivity index (χ0v) is 13.3. The maximum Gasteiger partial charge on any atom is 0.178 e. The van der Waals surface area contributed by atoms with E-state index in [1.807, 2.05) is 61.0 Å². The number of carbonyl (C=O) groups is 1. The van der Waals surface area contributed by atoms with E-state index < -0.39 is 0 Å². The second-order valence-electron chi connectivity index (χ2n) is 5.30. The minimum Gasteiger partial charge on any atom is -0.350 e. The summed E-state index contributed by atoms with van der Waals surface area (Å²) in [6, 6.07) is 7.86. The van der Waals surface area contributed by atoms with Gasteiger partial charge in [-0.15, -0.1) is 0 Å². The van der Waals surface area contributed by atoms with Crippen LogP contribution in [0.15, 0.2) is 96.4 Å². The third kappa shape index (κ3) is 4.21. The fourth-order valence-electron chi connectivity index (χ4n) is 2.28. The average Bonchev–Trinajstić information content (AvgIpc) is 2.58. The van der Waals surface area contributed by atoms with Crippen LogP contribution in [0.2, 0.25) is 5.02 Å². The van der Waals surface area contributed by atoms with Crippen molar-refractivity contribution in [3.8, 4) is 0 Å². The Kier molecular flexibility index (Phi) is 4.74. The van der Waals surface area contributed by atoms with Gasteiger partial charge in [0.05, 0.1) is 0 Å². The van der Waals surface area contributed by atoms with E-state index in [-0.39, 0.29) is 5.78 Å². The Morgan fingerprint density at radius 3 is 2.13 bits per heavy atom. The summed E-state index contributed by atoms with van der Waals surface area (Å²) in [6.45, 7) is 0.745. The molecule has 0 amide bonds. The number of hydrogen-bond donors (Lipinski definition) is 0. The maximum atomic E-state index is 11.1. The summed E-state index contributed by atoms with van der Waals surface area (Å²) in [5, 5.41) is 0.783. The van der Waals surface area contributed by atoms with Crippen LogP contribution in [-0.2, 0) is 11.3 Å². The number of carbonyl (C=O) groups excluding carboxylic acids is 1. The van der Waals surface area contributed by atoms with Gasteiger partial charge in [-0.1, -0.05) is 54.1 Å². The van der Waals surface area contributed by atoms with Gasteiger partial charge in [0.2, 0.25) is 0 Å². The molecule has 114 valence electrons. The topological polar surface area (TPSA) is 20.3 Å². The monoisotopic (exact) mass is 321 g/mol. The van der Waals surface area contributed by atoms with Gasteiger partial charge in [-0.25, -0.2) is 0 Å². The minimum absolute atomic E-state index is 0.0301. The molecule has 0 radical (unpaired) electrons. The molecule has 1 aromatic carbocycles. The third-order valence-electron chi connectivity index (χ3n) is 3.58. The molecule has 0 atom stereocenters. The van der Waals surface area contributed by atoms with Crippen molar-refractivity contribution in [2.75, 3.05) is 0 Å². The second-order valence-corrected chi connectivity index (χ2v) is 5.70. The molecule has 0 N–H and O–H groups in total. The molecule has 23 heavy (non-hydrogen) atoms. The molecule has 0 saturated carbocycles. The first-order chi connectivity index (χ1) is 11.2. The molecule has 0 bridgehead atoms. The molecular weight excluding hydrogens is 306 g/mol. The molecule has 0 fully saturated rings. The number of allylic oxidation sites excluding steroid dienone is 10. The quantitative estimate of drug-likeness (QED) is 0.802. The van der Waals surface area contributed by atoms with Gasteiger partial charge in [0.15, 0.2) is 5.78 Å². The SMILES string of the molecule is O=C1C=CC(=CC=C2C=CN(Cc3ccccc3Cl)C=C2)C=C1. The molecule has 2 aliphatic rings. The van der Waals surface area contributed by atoms with E-state index >= 15 is 0 Å². The van der Waals surface area contributed by atoms with Crippen molar-refractivity contribution >= 4 is 17.4 Å². The number of nitrogens with zero attached hydrogens (tertiary/aromatic N) is 1. The van der Waals surface area contributed by atoms with E-state index in [1.165, 1.54) is 0 Å². The van der Waals surface area contributed by atoms with Crippen LogP contribution in [0.25, 0.3) is 0 Å². The van der Waals surface area contributed by atoms with Gasteiger partial charge in [0, 0.05) is 24.0 Å². The average molecular weight is 322 g/mol. The molecule has 0 aromatic heterocycles. The first kappa shape index (κ1) is 15.3. The molecule has 1 heterocycles. The highest BCUT2D eigenvalue weighted by atomic mass is 35.5. The Labute approximate surface area is 141 Å². The Hall–Kier alpha value is -2.58.